The van der Waals surface area contributed by atoms with Crippen LogP contribution in [0.2, 0.25) is 0 Å². The van der Waals surface area contributed by atoms with Gasteiger partial charge in [0.25, 0.3) is 0 Å². The Hall–Kier alpha value is -4.05. The normalized spacial score (nSPS) is 17.1. The Morgan fingerprint density at radius 2 is 1.97 bits per heavy atom. The number of hydrogen-bond donors (Lipinski definition) is 2. The van der Waals surface area contributed by atoms with Gasteiger partial charge in [0, 0.05) is 17.1 Å². The number of nitrogens with zero attached hydrogens (tertiary/aromatic N) is 3. The number of carbonyl (C=O) groups excluding carboxylic acids is 2. The van der Waals surface area contributed by atoms with E-state index < -0.39 is 23.1 Å². The van der Waals surface area contributed by atoms with Crippen LogP contribution in [0, 0.1) is 0 Å². The highest BCUT2D eigenvalue weighted by Crippen LogP contribution is 2.28. The predicted molar refractivity (Wildman–Crippen MR) is 120 cm³/mol. The van der Waals surface area contributed by atoms with Crippen molar-refractivity contribution in [3.63, 3.8) is 0 Å². The maximum Gasteiger partial charge on any atom is 0.343 e. The molecule has 1 saturated heterocycles. The van der Waals surface area contributed by atoms with Crippen molar-refractivity contribution in [1.82, 2.24) is 10.3 Å². The fourth-order valence-electron chi connectivity index (χ4n) is 2.96. The zero-order chi connectivity index (χ0) is 22.5. The van der Waals surface area contributed by atoms with Gasteiger partial charge < -0.3 is 15.2 Å². The standard InChI is InChI=1S/C22H16N4O5S/c27-17(28)11-16-20(29)25-22(32-16)26-24-12-15-9-8-13-7-4-10-23-18(13)19(15)31-21(30)14-5-2-1-3-6-14/h1-10,12,16H,11H2,(H,27,28)(H,25,26,29). The van der Waals surface area contributed by atoms with Crippen LogP contribution in [0.1, 0.15) is 22.3 Å². The van der Waals surface area contributed by atoms with Crippen LogP contribution in [0.15, 0.2) is 71.0 Å². The molecule has 1 unspecified atom stereocenters. The Kier molecular flexibility index (Phi) is 6.22. The summed E-state index contributed by atoms with van der Waals surface area (Å²) in [6.07, 6.45) is 2.66. The Labute approximate surface area is 186 Å². The summed E-state index contributed by atoms with van der Waals surface area (Å²) in [5.74, 6) is -1.82. The van der Waals surface area contributed by atoms with Gasteiger partial charge in [0.15, 0.2) is 10.9 Å². The molecule has 2 N–H and O–H groups in total. The first-order valence-electron chi connectivity index (χ1n) is 9.46. The molecule has 1 aliphatic rings. The summed E-state index contributed by atoms with van der Waals surface area (Å²) in [7, 11) is 0. The summed E-state index contributed by atoms with van der Waals surface area (Å²) in [6.45, 7) is 0. The maximum atomic E-state index is 12.6. The summed E-state index contributed by atoms with van der Waals surface area (Å²) in [6, 6.07) is 15.7. The Morgan fingerprint density at radius 1 is 1.16 bits per heavy atom. The number of esters is 1. The number of hydrogen-bond acceptors (Lipinski definition) is 8. The topological polar surface area (TPSA) is 130 Å². The number of benzene rings is 2. The van der Waals surface area contributed by atoms with Gasteiger partial charge in [0.2, 0.25) is 5.91 Å². The van der Waals surface area contributed by atoms with E-state index in [4.69, 9.17) is 9.84 Å². The van der Waals surface area contributed by atoms with E-state index >= 15 is 0 Å². The highest BCUT2D eigenvalue weighted by molar-refractivity contribution is 8.15. The molecule has 0 radical (unpaired) electrons. The van der Waals surface area contributed by atoms with Crippen LogP contribution >= 0.6 is 11.8 Å². The van der Waals surface area contributed by atoms with E-state index in [2.05, 4.69) is 20.5 Å². The van der Waals surface area contributed by atoms with Gasteiger partial charge in [-0.3, -0.25) is 14.6 Å². The molecule has 32 heavy (non-hydrogen) atoms. The molecule has 9 nitrogen and oxygen atoms in total. The summed E-state index contributed by atoms with van der Waals surface area (Å²) < 4.78 is 5.66. The van der Waals surface area contributed by atoms with Crippen molar-refractivity contribution in [2.24, 2.45) is 10.2 Å². The van der Waals surface area contributed by atoms with Crippen molar-refractivity contribution in [2.45, 2.75) is 11.7 Å². The van der Waals surface area contributed by atoms with Crippen molar-refractivity contribution >= 4 is 51.9 Å². The van der Waals surface area contributed by atoms with E-state index in [-0.39, 0.29) is 17.3 Å². The first-order chi connectivity index (χ1) is 15.5. The second-order valence-electron chi connectivity index (χ2n) is 6.66. The highest BCUT2D eigenvalue weighted by atomic mass is 32.2. The molecule has 0 bridgehead atoms. The second kappa shape index (κ2) is 9.40. The lowest BCUT2D eigenvalue weighted by atomic mass is 10.1. The first kappa shape index (κ1) is 21.2. The number of thioether (sulfide) groups is 1. The molecule has 2 aromatic carbocycles. The van der Waals surface area contributed by atoms with Gasteiger partial charge in [-0.05, 0) is 24.3 Å². The van der Waals surface area contributed by atoms with Gasteiger partial charge in [-0.25, -0.2) is 4.79 Å². The number of ether oxygens (including phenoxy) is 1. The SMILES string of the molecule is O=C(O)CC1SC(=NN=Cc2ccc3cccnc3c2OC(=O)c2ccccc2)NC1=O. The summed E-state index contributed by atoms with van der Waals surface area (Å²) in [4.78, 5) is 39.6. The van der Waals surface area contributed by atoms with E-state index in [0.717, 1.165) is 17.1 Å². The van der Waals surface area contributed by atoms with Crippen LogP contribution in [0.25, 0.3) is 10.9 Å². The fourth-order valence-corrected chi connectivity index (χ4v) is 3.87. The number of aromatic nitrogens is 1. The largest absolute Gasteiger partial charge is 0.481 e. The fraction of sp³-hybridized carbons (Fsp3) is 0.0909. The number of nitrogens with one attached hydrogen (secondary N) is 1. The number of carboxylic acid groups (broad SMARTS) is 1. The molecule has 4 rings (SSSR count). The van der Waals surface area contributed by atoms with E-state index in [1.54, 1.807) is 48.7 Å². The lowest BCUT2D eigenvalue weighted by molar-refractivity contribution is -0.138. The second-order valence-corrected chi connectivity index (χ2v) is 7.85. The number of carboxylic acids is 1. The minimum Gasteiger partial charge on any atom is -0.481 e. The maximum absolute atomic E-state index is 12.6. The Bertz CT molecular complexity index is 1260. The van der Waals surface area contributed by atoms with Gasteiger partial charge in [-0.2, -0.15) is 5.10 Å². The van der Waals surface area contributed by atoms with E-state index in [1.807, 2.05) is 12.1 Å². The zero-order valence-electron chi connectivity index (χ0n) is 16.5. The number of rotatable bonds is 6. The van der Waals surface area contributed by atoms with Crippen LogP contribution in [-0.4, -0.2) is 44.6 Å². The minimum atomic E-state index is -1.07. The number of carbonyl (C=O) groups is 3. The lowest BCUT2D eigenvalue weighted by Crippen LogP contribution is -2.26. The van der Waals surface area contributed by atoms with Gasteiger partial charge >= 0.3 is 11.9 Å². The average molecular weight is 448 g/mol. The predicted octanol–water partition coefficient (Wildman–Crippen LogP) is 2.85. The van der Waals surface area contributed by atoms with Crippen LogP contribution in [-0.2, 0) is 9.59 Å². The van der Waals surface area contributed by atoms with Crippen molar-refractivity contribution < 1.29 is 24.2 Å². The lowest BCUT2D eigenvalue weighted by Gasteiger charge is -2.10. The molecule has 3 aromatic rings. The molecule has 1 aromatic heterocycles. The molecular formula is C22H16N4O5S. The molecule has 1 amide bonds. The summed E-state index contributed by atoms with van der Waals surface area (Å²) >= 11 is 0.994. The van der Waals surface area contributed by atoms with Crippen LogP contribution < -0.4 is 10.1 Å². The monoisotopic (exact) mass is 448 g/mol. The third kappa shape index (κ3) is 4.81. The van der Waals surface area contributed by atoms with Crippen LogP contribution in [0.5, 0.6) is 5.75 Å². The Balaban J connectivity index is 1.61. The van der Waals surface area contributed by atoms with Gasteiger partial charge in [0.1, 0.15) is 10.8 Å². The van der Waals surface area contributed by atoms with Gasteiger partial charge in [0.05, 0.1) is 18.2 Å². The average Bonchev–Trinajstić information content (AvgIpc) is 3.13. The van der Waals surface area contributed by atoms with Gasteiger partial charge in [-0.15, -0.1) is 5.10 Å². The summed E-state index contributed by atoms with van der Waals surface area (Å²) in [5.41, 5.74) is 1.33. The van der Waals surface area contributed by atoms with E-state index in [0.29, 0.717) is 16.6 Å². The quantitative estimate of drug-likeness (QED) is 0.257. The van der Waals surface area contributed by atoms with Crippen molar-refractivity contribution in [1.29, 1.82) is 0 Å². The summed E-state index contributed by atoms with van der Waals surface area (Å²) in [5, 5.41) is 19.5. The van der Waals surface area contributed by atoms with E-state index in [9.17, 15) is 14.4 Å². The van der Waals surface area contributed by atoms with E-state index in [1.165, 1.54) is 6.21 Å². The van der Waals surface area contributed by atoms with Crippen LogP contribution in [0.3, 0.4) is 0 Å². The number of aliphatic carboxylic acids is 1. The first-order valence-corrected chi connectivity index (χ1v) is 10.3. The number of fused-ring (bicyclic) bond motifs is 1. The molecular weight excluding hydrogens is 432 g/mol. The molecule has 160 valence electrons. The highest BCUT2D eigenvalue weighted by Gasteiger charge is 2.32. The minimum absolute atomic E-state index is 0.194. The van der Waals surface area contributed by atoms with Crippen molar-refractivity contribution in [2.75, 3.05) is 0 Å². The van der Waals surface area contributed by atoms with Crippen molar-refractivity contribution in [3.8, 4) is 5.75 Å². The molecule has 0 aliphatic carbocycles. The third-order valence-electron chi connectivity index (χ3n) is 4.44. The number of amidine groups is 1. The van der Waals surface area contributed by atoms with Crippen molar-refractivity contribution in [3.05, 3.63) is 71.9 Å². The Morgan fingerprint density at radius 3 is 2.75 bits per heavy atom. The van der Waals surface area contributed by atoms with Gasteiger partial charge in [-0.1, -0.05) is 42.1 Å². The molecule has 0 saturated carbocycles. The van der Waals surface area contributed by atoms with Crippen LogP contribution in [0.4, 0.5) is 0 Å². The number of pyridine rings is 1. The molecule has 1 atom stereocenters. The third-order valence-corrected chi connectivity index (χ3v) is 5.52. The molecule has 2 heterocycles. The molecule has 1 aliphatic heterocycles. The zero-order valence-corrected chi connectivity index (χ0v) is 17.3. The molecule has 0 spiro atoms. The molecule has 10 heteroatoms. The molecule has 1 fully saturated rings. The smallest absolute Gasteiger partial charge is 0.343 e. The number of amides is 1.